The Labute approximate surface area is 85.6 Å². The van der Waals surface area contributed by atoms with Crippen LogP contribution in [0.2, 0.25) is 0 Å². The van der Waals surface area contributed by atoms with Gasteiger partial charge < -0.3 is 15.2 Å². The van der Waals surface area contributed by atoms with Gasteiger partial charge in [0.05, 0.1) is 6.61 Å². The molecule has 0 bridgehead atoms. The smallest absolute Gasteiger partial charge is 0.369 e. The van der Waals surface area contributed by atoms with Crippen LogP contribution in [0.4, 0.5) is 8.78 Å². The summed E-state index contributed by atoms with van der Waals surface area (Å²) in [6.07, 6.45) is -2.31. The maximum atomic E-state index is 11.9. The third-order valence-corrected chi connectivity index (χ3v) is 2.05. The molecule has 1 aliphatic heterocycles. The molecule has 0 saturated carbocycles. The fraction of sp³-hybridized carbons (Fsp3) is 0.750. The van der Waals surface area contributed by atoms with E-state index in [1.54, 1.807) is 0 Å². The second-order valence-electron chi connectivity index (χ2n) is 3.33. The topological polar surface area (TPSA) is 93.9 Å². The van der Waals surface area contributed by atoms with E-state index >= 15 is 0 Å². The van der Waals surface area contributed by atoms with Gasteiger partial charge in [0.15, 0.2) is 6.10 Å². The molecule has 15 heavy (non-hydrogen) atoms. The molecular formula is C8H14F2N3O2+. The molecule has 0 amide bonds. The third-order valence-electron chi connectivity index (χ3n) is 2.05. The van der Waals surface area contributed by atoms with Crippen molar-refractivity contribution in [3.8, 4) is 0 Å². The Bertz CT molecular complexity index is 252. The number of nitrogens with one attached hydrogen (secondary N) is 1. The summed E-state index contributed by atoms with van der Waals surface area (Å²) in [6.45, 7) is 0.316. The first-order valence-corrected chi connectivity index (χ1v) is 4.54. The summed E-state index contributed by atoms with van der Waals surface area (Å²) >= 11 is 0. The summed E-state index contributed by atoms with van der Waals surface area (Å²) in [5.41, 5.74) is 5.57. The molecule has 1 rings (SSSR count). The highest BCUT2D eigenvalue weighted by atomic mass is 19.3. The summed E-state index contributed by atoms with van der Waals surface area (Å²) in [5, 5.41) is 12.2. The minimum Gasteiger partial charge on any atom is -0.386 e. The van der Waals surface area contributed by atoms with Crippen LogP contribution in [-0.4, -0.2) is 37.0 Å². The zero-order valence-corrected chi connectivity index (χ0v) is 8.08. The number of hydrogen-bond donors (Lipinski definition) is 3. The summed E-state index contributed by atoms with van der Waals surface area (Å²) in [6, 6.07) is -0.0522. The van der Waals surface area contributed by atoms with E-state index in [2.05, 4.69) is 4.74 Å². The van der Waals surface area contributed by atoms with Gasteiger partial charge in [-0.25, -0.2) is 5.41 Å². The fourth-order valence-corrected chi connectivity index (χ4v) is 1.23. The maximum absolute atomic E-state index is 11.9. The number of halogens is 2. The van der Waals surface area contributed by atoms with E-state index in [0.717, 1.165) is 0 Å². The van der Waals surface area contributed by atoms with E-state index in [-0.39, 0.29) is 11.9 Å². The Morgan fingerprint density at radius 2 is 2.20 bits per heavy atom. The second-order valence-corrected chi connectivity index (χ2v) is 3.33. The normalized spacial score (nSPS) is 26.4. The first kappa shape index (κ1) is 12.0. The van der Waals surface area contributed by atoms with Gasteiger partial charge in [0.25, 0.3) is 5.90 Å². The number of nitrogens with two attached hydrogens (primary N) is 2. The van der Waals surface area contributed by atoms with Crippen molar-refractivity contribution < 1.29 is 23.7 Å². The van der Waals surface area contributed by atoms with Gasteiger partial charge in [-0.3, -0.25) is 5.41 Å². The van der Waals surface area contributed by atoms with Gasteiger partial charge in [-0.05, 0) is 12.8 Å². The van der Waals surface area contributed by atoms with Crippen LogP contribution < -0.4 is 11.1 Å². The molecule has 0 unspecified atom stereocenters. The molecule has 0 spiro atoms. The molecule has 0 radical (unpaired) electrons. The van der Waals surface area contributed by atoms with Crippen LogP contribution in [0.3, 0.4) is 0 Å². The van der Waals surface area contributed by atoms with Crippen LogP contribution in [0.5, 0.6) is 0 Å². The first-order chi connectivity index (χ1) is 7.00. The molecule has 2 atom stereocenters. The van der Waals surface area contributed by atoms with Gasteiger partial charge in [0.1, 0.15) is 0 Å². The van der Waals surface area contributed by atoms with Gasteiger partial charge in [0.2, 0.25) is 0 Å². The third kappa shape index (κ3) is 3.52. The second kappa shape index (κ2) is 5.13. The molecule has 0 aromatic carbocycles. The minimum absolute atomic E-state index is 0.0522. The zero-order chi connectivity index (χ0) is 11.4. The van der Waals surface area contributed by atoms with E-state index < -0.39 is 18.4 Å². The molecule has 1 fully saturated rings. The van der Waals surface area contributed by atoms with Crippen molar-refractivity contribution in [1.82, 2.24) is 0 Å². The van der Waals surface area contributed by atoms with Gasteiger partial charge in [-0.2, -0.15) is 8.78 Å². The average molecular weight is 222 g/mol. The Morgan fingerprint density at radius 1 is 1.53 bits per heavy atom. The molecule has 5 nitrogen and oxygen atoms in total. The summed E-state index contributed by atoms with van der Waals surface area (Å²) in [4.78, 5) is 0. The predicted octanol–water partition coefficient (Wildman–Crippen LogP) is -1.09. The molecule has 1 heterocycles. The Morgan fingerprint density at radius 3 is 2.67 bits per heavy atom. The van der Waals surface area contributed by atoms with E-state index in [4.69, 9.17) is 21.3 Å². The maximum Gasteiger partial charge on any atom is 0.369 e. The molecule has 0 aromatic heterocycles. The molecule has 86 valence electrons. The summed E-state index contributed by atoms with van der Waals surface area (Å²) < 4.78 is 33.5. The predicted molar refractivity (Wildman–Crippen MR) is 48.7 cm³/mol. The first-order valence-electron chi connectivity index (χ1n) is 4.54. The molecule has 0 aromatic rings. The van der Waals surface area contributed by atoms with Gasteiger partial charge in [-0.1, -0.05) is 0 Å². The zero-order valence-electron chi connectivity index (χ0n) is 8.08. The van der Waals surface area contributed by atoms with Crippen LogP contribution in [0.1, 0.15) is 12.8 Å². The lowest BCUT2D eigenvalue weighted by Gasteiger charge is -2.24. The Kier molecular flexibility index (Phi) is 4.10. The molecule has 0 aliphatic carbocycles. The summed E-state index contributed by atoms with van der Waals surface area (Å²) in [5.74, 6) is -1.36. The standard InChI is InChI=1S/C8H13F2N3O2/c9-6(10)8(13)15-7(12)5-2-1-4(11)3-14-5/h4-6,12-13H,1-3,11H2/p+1/t4-,5+/m0/s1. The lowest BCUT2D eigenvalue weighted by molar-refractivity contribution is -0.152. The fourth-order valence-electron chi connectivity index (χ4n) is 1.23. The van der Waals surface area contributed by atoms with Crippen LogP contribution in [0, 0.1) is 5.41 Å². The van der Waals surface area contributed by atoms with Crippen LogP contribution >= 0.6 is 0 Å². The number of rotatable bonds is 2. The molecular weight excluding hydrogens is 208 g/mol. The van der Waals surface area contributed by atoms with Gasteiger partial charge in [0, 0.05) is 6.04 Å². The quantitative estimate of drug-likeness (QED) is 0.409. The lowest BCUT2D eigenvalue weighted by atomic mass is 10.1. The number of hydrogen-bond acceptors (Lipinski definition) is 4. The highest BCUT2D eigenvalue weighted by Crippen LogP contribution is 2.13. The van der Waals surface area contributed by atoms with Crippen LogP contribution in [0.15, 0.2) is 0 Å². The van der Waals surface area contributed by atoms with E-state index in [1.807, 2.05) is 0 Å². The molecule has 5 N–H and O–H groups in total. The van der Waals surface area contributed by atoms with E-state index in [1.165, 1.54) is 0 Å². The van der Waals surface area contributed by atoms with Crippen molar-refractivity contribution >= 4 is 11.8 Å². The average Bonchev–Trinajstić information content (AvgIpc) is 2.18. The monoisotopic (exact) mass is 222 g/mol. The SMILES string of the molecule is N=C(OC(=[NH2+])[C@H]1CC[C@H](N)CO1)C(F)F. The highest BCUT2D eigenvalue weighted by Gasteiger charge is 2.30. The van der Waals surface area contributed by atoms with E-state index in [9.17, 15) is 8.78 Å². The lowest BCUT2D eigenvalue weighted by Crippen LogP contribution is -2.53. The van der Waals surface area contributed by atoms with Crippen molar-refractivity contribution in [1.29, 1.82) is 5.41 Å². The largest absolute Gasteiger partial charge is 0.386 e. The number of alkyl halides is 2. The van der Waals surface area contributed by atoms with Gasteiger partial charge in [-0.15, -0.1) is 0 Å². The summed E-state index contributed by atoms with van der Waals surface area (Å²) in [7, 11) is 0. The molecule has 1 saturated heterocycles. The van der Waals surface area contributed by atoms with Crippen molar-refractivity contribution in [2.75, 3.05) is 6.61 Å². The van der Waals surface area contributed by atoms with Crippen molar-refractivity contribution in [2.45, 2.75) is 31.4 Å². The molecule has 1 aliphatic rings. The van der Waals surface area contributed by atoms with Crippen molar-refractivity contribution in [2.24, 2.45) is 5.73 Å². The van der Waals surface area contributed by atoms with Crippen LogP contribution in [-0.2, 0) is 9.47 Å². The minimum atomic E-state index is -2.96. The Hall–Kier alpha value is -1.08. The number of ether oxygens (including phenoxy) is 2. The Balaban J connectivity index is 2.37. The van der Waals surface area contributed by atoms with Crippen molar-refractivity contribution in [3.05, 3.63) is 0 Å². The van der Waals surface area contributed by atoms with Gasteiger partial charge >= 0.3 is 12.3 Å². The molecule has 7 heteroatoms. The van der Waals surface area contributed by atoms with E-state index in [0.29, 0.717) is 19.4 Å². The van der Waals surface area contributed by atoms with Crippen LogP contribution in [0.25, 0.3) is 0 Å². The van der Waals surface area contributed by atoms with Crippen molar-refractivity contribution in [3.63, 3.8) is 0 Å². The highest BCUT2D eigenvalue weighted by molar-refractivity contribution is 5.90.